The van der Waals surface area contributed by atoms with E-state index >= 15 is 0 Å². The van der Waals surface area contributed by atoms with E-state index in [1.165, 1.54) is 0 Å². The number of piperidine rings is 1. The highest BCUT2D eigenvalue weighted by atomic mass is 79.9. The predicted molar refractivity (Wildman–Crippen MR) is 85.9 cm³/mol. The zero-order chi connectivity index (χ0) is 15.4. The molecule has 0 unspecified atom stereocenters. The smallest absolute Gasteiger partial charge is 0.256 e. The fraction of sp³-hybridized carbons (Fsp3) is 0.562. The van der Waals surface area contributed by atoms with Gasteiger partial charge in [0.25, 0.3) is 5.91 Å². The number of likely N-dealkylation sites (tertiary alicyclic amines) is 1. The average Bonchev–Trinajstić information content (AvgIpc) is 2.50. The molecule has 0 N–H and O–H groups in total. The largest absolute Gasteiger partial charge is 0.339 e. The second-order valence-electron chi connectivity index (χ2n) is 5.59. The van der Waals surface area contributed by atoms with Crippen LogP contribution in [0.15, 0.2) is 22.7 Å². The lowest BCUT2D eigenvalue weighted by Gasteiger charge is -2.36. The maximum atomic E-state index is 14.0. The summed E-state index contributed by atoms with van der Waals surface area (Å²) in [6.07, 6.45) is 3.07. The lowest BCUT2D eigenvalue weighted by Crippen LogP contribution is -2.45. The number of nitrogens with zero attached hydrogens (tertiary/aromatic N) is 2. The molecule has 1 aliphatic rings. The summed E-state index contributed by atoms with van der Waals surface area (Å²) >= 11 is 3.13. The number of carbonyl (C=O) groups excluding carboxylic acids is 1. The quantitative estimate of drug-likeness (QED) is 0.823. The van der Waals surface area contributed by atoms with Gasteiger partial charge in [0.15, 0.2) is 0 Å². The summed E-state index contributed by atoms with van der Waals surface area (Å²) in [7, 11) is 1.78. The van der Waals surface area contributed by atoms with Crippen LogP contribution in [0.5, 0.6) is 0 Å². The molecule has 1 aromatic carbocycles. The number of hydrogen-bond acceptors (Lipinski definition) is 2. The summed E-state index contributed by atoms with van der Waals surface area (Å²) in [4.78, 5) is 16.6. The van der Waals surface area contributed by atoms with E-state index < -0.39 is 5.82 Å². The second-order valence-corrected chi connectivity index (χ2v) is 6.44. The third kappa shape index (κ3) is 3.83. The van der Waals surface area contributed by atoms with Crippen molar-refractivity contribution in [2.75, 3.05) is 26.7 Å². The second kappa shape index (κ2) is 7.36. The van der Waals surface area contributed by atoms with Crippen LogP contribution < -0.4 is 0 Å². The average molecular weight is 357 g/mol. The van der Waals surface area contributed by atoms with Crippen molar-refractivity contribution in [2.24, 2.45) is 0 Å². The van der Waals surface area contributed by atoms with Crippen LogP contribution >= 0.6 is 15.9 Å². The molecule has 0 bridgehead atoms. The van der Waals surface area contributed by atoms with Gasteiger partial charge in [-0.15, -0.1) is 0 Å². The van der Waals surface area contributed by atoms with Gasteiger partial charge in [0, 0.05) is 26.2 Å². The van der Waals surface area contributed by atoms with Gasteiger partial charge in [0.2, 0.25) is 0 Å². The lowest BCUT2D eigenvalue weighted by atomic mass is 10.0. The molecule has 1 saturated heterocycles. The van der Waals surface area contributed by atoms with Gasteiger partial charge >= 0.3 is 0 Å². The van der Waals surface area contributed by atoms with Crippen LogP contribution in [-0.4, -0.2) is 48.4 Å². The van der Waals surface area contributed by atoms with Gasteiger partial charge in [-0.25, -0.2) is 4.39 Å². The number of rotatable bonds is 4. The normalized spacial score (nSPS) is 17.0. The van der Waals surface area contributed by atoms with E-state index in [0.717, 1.165) is 38.9 Å². The van der Waals surface area contributed by atoms with Gasteiger partial charge in [-0.1, -0.05) is 13.0 Å². The highest BCUT2D eigenvalue weighted by Gasteiger charge is 2.27. The van der Waals surface area contributed by atoms with Gasteiger partial charge in [-0.3, -0.25) is 4.79 Å². The van der Waals surface area contributed by atoms with Gasteiger partial charge < -0.3 is 9.80 Å². The predicted octanol–water partition coefficient (Wildman–Crippen LogP) is 3.53. The van der Waals surface area contributed by atoms with Crippen molar-refractivity contribution < 1.29 is 9.18 Å². The molecule has 0 atom stereocenters. The molecule has 3 nitrogen and oxygen atoms in total. The van der Waals surface area contributed by atoms with Crippen molar-refractivity contribution in [2.45, 2.75) is 32.2 Å². The zero-order valence-corrected chi connectivity index (χ0v) is 14.2. The van der Waals surface area contributed by atoms with Crippen molar-refractivity contribution in [3.05, 3.63) is 34.1 Å². The molecular formula is C16H22BrFN2O. The van der Waals surface area contributed by atoms with E-state index in [4.69, 9.17) is 0 Å². The molecule has 1 amide bonds. The Balaban J connectivity index is 2.02. The van der Waals surface area contributed by atoms with Gasteiger partial charge in [-0.2, -0.15) is 0 Å². The summed E-state index contributed by atoms with van der Waals surface area (Å²) in [5.41, 5.74) is 0.142. The summed E-state index contributed by atoms with van der Waals surface area (Å²) < 4.78 is 14.4. The van der Waals surface area contributed by atoms with Crippen LogP contribution in [-0.2, 0) is 0 Å². The monoisotopic (exact) mass is 356 g/mol. The number of amides is 1. The third-order valence-corrected chi connectivity index (χ3v) is 4.76. The molecule has 116 valence electrons. The van der Waals surface area contributed by atoms with E-state index in [-0.39, 0.29) is 17.5 Å². The summed E-state index contributed by atoms with van der Waals surface area (Å²) in [6, 6.07) is 5.04. The number of benzene rings is 1. The van der Waals surface area contributed by atoms with Crippen LogP contribution in [0.2, 0.25) is 0 Å². The minimum atomic E-state index is -0.474. The highest BCUT2D eigenvalue weighted by Crippen LogP contribution is 2.22. The molecule has 1 aliphatic heterocycles. The number of hydrogen-bond donors (Lipinski definition) is 0. The molecule has 2 rings (SSSR count). The Morgan fingerprint density at radius 1 is 1.43 bits per heavy atom. The first kappa shape index (κ1) is 16.4. The Morgan fingerprint density at radius 2 is 2.10 bits per heavy atom. The summed E-state index contributed by atoms with van der Waals surface area (Å²) in [6.45, 7) is 5.32. The van der Waals surface area contributed by atoms with Crippen LogP contribution in [0.1, 0.15) is 36.5 Å². The SMILES string of the molecule is CCCN1CCC(N(C)C(=O)c2cccc(Br)c2F)CC1. The molecule has 1 heterocycles. The van der Waals surface area contributed by atoms with Crippen LogP contribution in [0, 0.1) is 5.82 Å². The van der Waals surface area contributed by atoms with E-state index in [0.29, 0.717) is 4.47 Å². The maximum absolute atomic E-state index is 14.0. The zero-order valence-electron chi connectivity index (χ0n) is 12.6. The Kier molecular flexibility index (Phi) is 5.76. The van der Waals surface area contributed by atoms with Gasteiger partial charge in [0.05, 0.1) is 10.0 Å². The molecule has 0 aromatic heterocycles. The molecule has 0 aliphatic carbocycles. The Hall–Kier alpha value is -0.940. The number of halogens is 2. The Labute approximate surface area is 134 Å². The molecule has 1 aromatic rings. The van der Waals surface area contributed by atoms with Crippen molar-refractivity contribution >= 4 is 21.8 Å². The van der Waals surface area contributed by atoms with Crippen molar-refractivity contribution in [3.8, 4) is 0 Å². The summed E-state index contributed by atoms with van der Waals surface area (Å²) in [5, 5.41) is 0. The van der Waals surface area contributed by atoms with Crippen molar-refractivity contribution in [1.29, 1.82) is 0 Å². The van der Waals surface area contributed by atoms with Crippen molar-refractivity contribution in [1.82, 2.24) is 9.80 Å². The topological polar surface area (TPSA) is 23.6 Å². The van der Waals surface area contributed by atoms with Gasteiger partial charge in [0.1, 0.15) is 5.82 Å². The lowest BCUT2D eigenvalue weighted by molar-refractivity contribution is 0.0638. The molecule has 0 saturated carbocycles. The van der Waals surface area contributed by atoms with Crippen LogP contribution in [0.25, 0.3) is 0 Å². The Bertz CT molecular complexity index is 501. The fourth-order valence-electron chi connectivity index (χ4n) is 2.87. The van der Waals surface area contributed by atoms with E-state index in [9.17, 15) is 9.18 Å². The molecular weight excluding hydrogens is 335 g/mol. The molecule has 0 spiro atoms. The van der Waals surface area contributed by atoms with E-state index in [2.05, 4.69) is 27.8 Å². The first-order chi connectivity index (χ1) is 10.0. The molecule has 1 fully saturated rings. The first-order valence-corrected chi connectivity index (χ1v) is 8.27. The molecule has 5 heteroatoms. The third-order valence-electron chi connectivity index (χ3n) is 4.15. The first-order valence-electron chi connectivity index (χ1n) is 7.48. The van der Waals surface area contributed by atoms with Crippen molar-refractivity contribution in [3.63, 3.8) is 0 Å². The van der Waals surface area contributed by atoms with Crippen LogP contribution in [0.4, 0.5) is 4.39 Å². The van der Waals surface area contributed by atoms with E-state index in [1.807, 2.05) is 0 Å². The molecule has 21 heavy (non-hydrogen) atoms. The maximum Gasteiger partial charge on any atom is 0.256 e. The Morgan fingerprint density at radius 3 is 2.71 bits per heavy atom. The highest BCUT2D eigenvalue weighted by molar-refractivity contribution is 9.10. The minimum absolute atomic E-state index is 0.142. The summed E-state index contributed by atoms with van der Waals surface area (Å²) in [5.74, 6) is -0.708. The van der Waals surface area contributed by atoms with Gasteiger partial charge in [-0.05, 0) is 53.9 Å². The minimum Gasteiger partial charge on any atom is -0.339 e. The molecule has 0 radical (unpaired) electrons. The number of carbonyl (C=O) groups is 1. The van der Waals surface area contributed by atoms with E-state index in [1.54, 1.807) is 30.1 Å². The fourth-order valence-corrected chi connectivity index (χ4v) is 3.24. The standard InChI is InChI=1S/C16H22BrFN2O/c1-3-9-20-10-7-12(8-11-20)19(2)16(21)13-5-4-6-14(17)15(13)18/h4-6,12H,3,7-11H2,1-2H3. The van der Waals surface area contributed by atoms with Crippen LogP contribution in [0.3, 0.4) is 0 Å².